The molecule has 1 aromatic carbocycles. The first kappa shape index (κ1) is 15.8. The van der Waals surface area contributed by atoms with E-state index in [-0.39, 0.29) is 17.2 Å². The Morgan fingerprint density at radius 3 is 2.86 bits per heavy atom. The van der Waals surface area contributed by atoms with Crippen LogP contribution >= 0.6 is 11.8 Å². The van der Waals surface area contributed by atoms with Crippen LogP contribution in [0, 0.1) is 0 Å². The van der Waals surface area contributed by atoms with Gasteiger partial charge < -0.3 is 5.32 Å². The van der Waals surface area contributed by atoms with Crippen molar-refractivity contribution in [2.45, 2.75) is 35.4 Å². The average Bonchev–Trinajstić information content (AvgIpc) is 2.90. The third kappa shape index (κ3) is 3.47. The minimum Gasteiger partial charge on any atom is -0.351 e. The molecule has 0 bridgehead atoms. The highest BCUT2D eigenvalue weighted by molar-refractivity contribution is 8.01. The summed E-state index contributed by atoms with van der Waals surface area (Å²) in [6.07, 6.45) is 3.59. The van der Waals surface area contributed by atoms with Crippen molar-refractivity contribution in [3.05, 3.63) is 29.8 Å². The molecular weight excluding hydrogens is 320 g/mol. The lowest BCUT2D eigenvalue weighted by Gasteiger charge is -2.31. The fourth-order valence-electron chi connectivity index (χ4n) is 2.98. The molecule has 0 radical (unpaired) electrons. The summed E-state index contributed by atoms with van der Waals surface area (Å²) in [7, 11) is -3.18. The summed E-state index contributed by atoms with van der Waals surface area (Å²) in [5.41, 5.74) is 1.22. The number of carbonyl (C=O) groups is 1. The molecule has 1 saturated heterocycles. The van der Waals surface area contributed by atoms with Gasteiger partial charge in [0.2, 0.25) is 15.9 Å². The molecule has 7 heteroatoms. The second-order valence-corrected chi connectivity index (χ2v) is 9.11. The second-order valence-electron chi connectivity index (χ2n) is 5.89. The standard InChI is InChI=1S/C15H20N2O3S2/c1-22(19,20)17-8-4-6-12(10-17)16-15(18)14-9-11-5-2-3-7-13(11)21-14/h2-3,5,7,12,14H,4,6,8-10H2,1H3,(H,16,18). The Hall–Kier alpha value is -1.05. The van der Waals surface area contributed by atoms with Crippen LogP contribution < -0.4 is 5.32 Å². The zero-order valence-electron chi connectivity index (χ0n) is 12.5. The quantitative estimate of drug-likeness (QED) is 0.899. The van der Waals surface area contributed by atoms with E-state index in [0.29, 0.717) is 13.1 Å². The lowest BCUT2D eigenvalue weighted by molar-refractivity contribution is -0.121. The maximum atomic E-state index is 12.4. The van der Waals surface area contributed by atoms with E-state index in [1.807, 2.05) is 18.2 Å². The third-order valence-electron chi connectivity index (χ3n) is 4.14. The first-order valence-corrected chi connectivity index (χ1v) is 10.2. The van der Waals surface area contributed by atoms with Crippen LogP contribution in [0.25, 0.3) is 0 Å². The molecule has 1 N–H and O–H groups in total. The number of hydrogen-bond acceptors (Lipinski definition) is 4. The van der Waals surface area contributed by atoms with Crippen molar-refractivity contribution in [3.8, 4) is 0 Å². The van der Waals surface area contributed by atoms with Crippen molar-refractivity contribution >= 4 is 27.7 Å². The molecule has 2 atom stereocenters. The Morgan fingerprint density at radius 2 is 2.14 bits per heavy atom. The van der Waals surface area contributed by atoms with Gasteiger partial charge in [-0.25, -0.2) is 12.7 Å². The topological polar surface area (TPSA) is 66.5 Å². The highest BCUT2D eigenvalue weighted by Crippen LogP contribution is 2.36. The normalized spacial score (nSPS) is 25.7. The van der Waals surface area contributed by atoms with Crippen LogP contribution in [-0.4, -0.2) is 49.3 Å². The van der Waals surface area contributed by atoms with Crippen LogP contribution in [0.4, 0.5) is 0 Å². The number of thioether (sulfide) groups is 1. The molecule has 22 heavy (non-hydrogen) atoms. The molecule has 2 heterocycles. The number of hydrogen-bond donors (Lipinski definition) is 1. The first-order valence-electron chi connectivity index (χ1n) is 7.43. The van der Waals surface area contributed by atoms with Gasteiger partial charge in [0.05, 0.1) is 11.5 Å². The largest absolute Gasteiger partial charge is 0.351 e. The highest BCUT2D eigenvalue weighted by atomic mass is 32.2. The third-order valence-corrected chi connectivity index (χ3v) is 6.73. The summed E-state index contributed by atoms with van der Waals surface area (Å²) in [6, 6.07) is 7.99. The number of fused-ring (bicyclic) bond motifs is 1. The Balaban J connectivity index is 1.59. The molecule has 2 unspecified atom stereocenters. The number of nitrogens with zero attached hydrogens (tertiary/aromatic N) is 1. The van der Waals surface area contributed by atoms with E-state index < -0.39 is 10.0 Å². The van der Waals surface area contributed by atoms with Crippen LogP contribution in [0.1, 0.15) is 18.4 Å². The maximum absolute atomic E-state index is 12.4. The van der Waals surface area contributed by atoms with Crippen molar-refractivity contribution in [1.82, 2.24) is 9.62 Å². The van der Waals surface area contributed by atoms with E-state index in [1.54, 1.807) is 11.8 Å². The van der Waals surface area contributed by atoms with Gasteiger partial charge in [0.25, 0.3) is 0 Å². The summed E-state index contributed by atoms with van der Waals surface area (Å²) in [6.45, 7) is 0.934. The summed E-state index contributed by atoms with van der Waals surface area (Å²) in [4.78, 5) is 13.6. The summed E-state index contributed by atoms with van der Waals surface area (Å²) in [5, 5.41) is 2.93. The van der Waals surface area contributed by atoms with E-state index in [0.717, 1.165) is 19.3 Å². The van der Waals surface area contributed by atoms with Gasteiger partial charge >= 0.3 is 0 Å². The summed E-state index contributed by atoms with van der Waals surface area (Å²) in [5.74, 6) is 0.0153. The molecular formula is C15H20N2O3S2. The zero-order valence-corrected chi connectivity index (χ0v) is 14.1. The number of amides is 1. The fourth-order valence-corrected chi connectivity index (χ4v) is 5.10. The smallest absolute Gasteiger partial charge is 0.234 e. The van der Waals surface area contributed by atoms with Crippen molar-refractivity contribution in [1.29, 1.82) is 0 Å². The fraction of sp³-hybridized carbons (Fsp3) is 0.533. The predicted octanol–water partition coefficient (Wildman–Crippen LogP) is 1.24. The minimum absolute atomic E-state index is 0.0153. The number of rotatable bonds is 3. The summed E-state index contributed by atoms with van der Waals surface area (Å²) < 4.78 is 24.7. The van der Waals surface area contributed by atoms with Gasteiger partial charge in [-0.2, -0.15) is 0 Å². The van der Waals surface area contributed by atoms with Crippen LogP contribution in [0.15, 0.2) is 29.2 Å². The highest BCUT2D eigenvalue weighted by Gasteiger charge is 2.31. The Morgan fingerprint density at radius 1 is 1.36 bits per heavy atom. The van der Waals surface area contributed by atoms with E-state index in [4.69, 9.17) is 0 Å². The molecule has 0 saturated carbocycles. The van der Waals surface area contributed by atoms with Gasteiger partial charge in [-0.05, 0) is 30.9 Å². The van der Waals surface area contributed by atoms with Gasteiger partial charge in [0, 0.05) is 24.0 Å². The SMILES string of the molecule is CS(=O)(=O)N1CCCC(NC(=O)C2Cc3ccccc3S2)C1. The van der Waals surface area contributed by atoms with Crippen LogP contribution in [0.2, 0.25) is 0 Å². The van der Waals surface area contributed by atoms with Gasteiger partial charge in [-0.3, -0.25) is 4.79 Å². The van der Waals surface area contributed by atoms with E-state index in [9.17, 15) is 13.2 Å². The van der Waals surface area contributed by atoms with Crippen molar-refractivity contribution in [2.75, 3.05) is 19.3 Å². The predicted molar refractivity (Wildman–Crippen MR) is 87.4 cm³/mol. The Labute approximate surface area is 135 Å². The van der Waals surface area contributed by atoms with E-state index in [1.165, 1.54) is 21.0 Å². The van der Waals surface area contributed by atoms with Gasteiger partial charge in [-0.1, -0.05) is 18.2 Å². The minimum atomic E-state index is -3.18. The van der Waals surface area contributed by atoms with Crippen LogP contribution in [0.5, 0.6) is 0 Å². The Bertz CT molecular complexity index is 650. The molecule has 120 valence electrons. The molecule has 1 fully saturated rings. The number of benzene rings is 1. The van der Waals surface area contributed by atoms with Crippen molar-refractivity contribution in [3.63, 3.8) is 0 Å². The molecule has 1 amide bonds. The molecule has 5 nitrogen and oxygen atoms in total. The average molecular weight is 340 g/mol. The van der Waals surface area contributed by atoms with Crippen molar-refractivity contribution < 1.29 is 13.2 Å². The molecule has 0 aliphatic carbocycles. The van der Waals surface area contributed by atoms with Crippen LogP contribution in [-0.2, 0) is 21.2 Å². The lowest BCUT2D eigenvalue weighted by atomic mass is 10.1. The molecule has 1 aromatic rings. The summed E-state index contributed by atoms with van der Waals surface area (Å²) >= 11 is 1.60. The van der Waals surface area contributed by atoms with Gasteiger partial charge in [-0.15, -0.1) is 11.8 Å². The van der Waals surface area contributed by atoms with Gasteiger partial charge in [0.1, 0.15) is 0 Å². The van der Waals surface area contributed by atoms with Crippen LogP contribution in [0.3, 0.4) is 0 Å². The molecule has 0 spiro atoms. The Kier molecular flexibility index (Phi) is 4.47. The number of piperidine rings is 1. The number of carbonyl (C=O) groups excluding carboxylic acids is 1. The monoisotopic (exact) mass is 340 g/mol. The van der Waals surface area contributed by atoms with Gasteiger partial charge in [0.15, 0.2) is 0 Å². The molecule has 3 rings (SSSR count). The maximum Gasteiger partial charge on any atom is 0.234 e. The molecule has 2 aliphatic rings. The second kappa shape index (κ2) is 6.22. The lowest BCUT2D eigenvalue weighted by Crippen LogP contribution is -2.51. The zero-order chi connectivity index (χ0) is 15.7. The molecule has 0 aromatic heterocycles. The van der Waals surface area contributed by atoms with Crippen molar-refractivity contribution in [2.24, 2.45) is 0 Å². The first-order chi connectivity index (χ1) is 10.4. The number of sulfonamides is 1. The van der Waals surface area contributed by atoms with E-state index in [2.05, 4.69) is 11.4 Å². The number of nitrogens with one attached hydrogen (secondary N) is 1. The molecule has 2 aliphatic heterocycles. The van der Waals surface area contributed by atoms with E-state index >= 15 is 0 Å².